The van der Waals surface area contributed by atoms with Crippen LogP contribution in [-0.4, -0.2) is 32.9 Å². The van der Waals surface area contributed by atoms with Crippen molar-refractivity contribution >= 4 is 0 Å². The van der Waals surface area contributed by atoms with Gasteiger partial charge in [0.05, 0.1) is 0 Å². The molecule has 9 heavy (non-hydrogen) atoms. The Morgan fingerprint density at radius 3 is 0.333 bits per heavy atom. The third kappa shape index (κ3) is 422. The van der Waals surface area contributed by atoms with E-state index >= 15 is 0 Å². The van der Waals surface area contributed by atoms with Gasteiger partial charge in [0.15, 0.2) is 0 Å². The minimum atomic E-state index is 0. The third-order valence-electron chi connectivity index (χ3n) is 0. The van der Waals surface area contributed by atoms with E-state index in [0.717, 1.165) is 0 Å². The van der Waals surface area contributed by atoms with E-state index in [0.29, 0.717) is 0 Å². The summed E-state index contributed by atoms with van der Waals surface area (Å²) in [4.78, 5) is 0. The molecule has 0 aromatic rings. The number of rotatable bonds is 0. The second kappa shape index (κ2) is 550. The maximum Gasteiger partial charge on any atom is 2.00 e. The van der Waals surface area contributed by atoms with E-state index in [9.17, 15) is 0 Å². The summed E-state index contributed by atoms with van der Waals surface area (Å²) in [7, 11) is 0. The van der Waals surface area contributed by atoms with E-state index < -0.39 is 0 Å². The van der Waals surface area contributed by atoms with E-state index in [1.54, 1.807) is 0 Å². The zero-order valence-electron chi connectivity index (χ0n) is 4.07. The SMILES string of the molecule is O.O.O.O.O.O.[Cl-].[Cl-].[Pt+2]. The maximum absolute atomic E-state index is 0. The van der Waals surface area contributed by atoms with Gasteiger partial charge in [-0.1, -0.05) is 0 Å². The van der Waals surface area contributed by atoms with E-state index in [4.69, 9.17) is 0 Å². The van der Waals surface area contributed by atoms with Crippen molar-refractivity contribution in [1.29, 1.82) is 0 Å². The van der Waals surface area contributed by atoms with Crippen molar-refractivity contribution in [2.75, 3.05) is 0 Å². The molecule has 0 spiro atoms. The smallest absolute Gasteiger partial charge is 1.00 e. The molecular formula is H12Cl2O6Pt. The maximum atomic E-state index is 0. The van der Waals surface area contributed by atoms with Crippen LogP contribution in [0, 0.1) is 0 Å². The quantitative estimate of drug-likeness (QED) is 0.390. The van der Waals surface area contributed by atoms with Gasteiger partial charge in [-0.2, -0.15) is 0 Å². The van der Waals surface area contributed by atoms with Crippen LogP contribution >= 0.6 is 0 Å². The minimum absolute atomic E-state index is 0. The summed E-state index contributed by atoms with van der Waals surface area (Å²) in [6, 6.07) is 0. The molecule has 9 heteroatoms. The molecule has 0 aliphatic heterocycles. The molecule has 0 heterocycles. The molecule has 0 unspecified atom stereocenters. The molecule has 0 fully saturated rings. The second-order valence-electron chi connectivity index (χ2n) is 0. The molecular weight excluding hydrogens is 362 g/mol. The van der Waals surface area contributed by atoms with Crippen molar-refractivity contribution in [3.8, 4) is 0 Å². The number of halogens is 2. The van der Waals surface area contributed by atoms with Crippen molar-refractivity contribution in [1.82, 2.24) is 0 Å². The number of hydrogen-bond acceptors (Lipinski definition) is 0. The first-order chi connectivity index (χ1) is 0. The molecule has 0 aliphatic carbocycles. The first kappa shape index (κ1) is 773. The van der Waals surface area contributed by atoms with Gasteiger partial charge >= 0.3 is 21.1 Å². The Morgan fingerprint density at radius 1 is 0.333 bits per heavy atom. The van der Waals surface area contributed by atoms with Crippen LogP contribution in [-0.2, 0) is 21.1 Å². The van der Waals surface area contributed by atoms with Crippen LogP contribution in [0.4, 0.5) is 0 Å². The number of hydrogen-bond donors (Lipinski definition) is 0. The average Bonchev–Trinajstić information content (AvgIpc) is 0. The second-order valence-corrected chi connectivity index (χ2v) is 0. The molecule has 0 aromatic heterocycles. The van der Waals surface area contributed by atoms with Gasteiger partial charge in [0.25, 0.3) is 0 Å². The zero-order chi connectivity index (χ0) is 0. The van der Waals surface area contributed by atoms with Crippen LogP contribution < -0.4 is 24.8 Å². The Hall–Kier alpha value is 1.03. The molecule has 0 aromatic carbocycles. The molecule has 0 rings (SSSR count). The monoisotopic (exact) mass is 373 g/mol. The normalized spacial score (nSPS) is 0. The van der Waals surface area contributed by atoms with Crippen molar-refractivity contribution in [2.45, 2.75) is 0 Å². The van der Waals surface area contributed by atoms with Crippen LogP contribution in [0.25, 0.3) is 0 Å². The van der Waals surface area contributed by atoms with Crippen LogP contribution in [0.5, 0.6) is 0 Å². The van der Waals surface area contributed by atoms with Gasteiger partial charge in [-0.15, -0.1) is 0 Å². The summed E-state index contributed by atoms with van der Waals surface area (Å²) in [6.45, 7) is 0. The molecule has 0 aliphatic rings. The average molecular weight is 374 g/mol. The predicted molar refractivity (Wildman–Crippen MR) is 21.7 cm³/mol. The van der Waals surface area contributed by atoms with Gasteiger partial charge in [-0.05, 0) is 0 Å². The van der Waals surface area contributed by atoms with Crippen molar-refractivity contribution in [3.05, 3.63) is 0 Å². The summed E-state index contributed by atoms with van der Waals surface area (Å²) < 4.78 is 0. The van der Waals surface area contributed by atoms with Crippen molar-refractivity contribution in [2.24, 2.45) is 0 Å². The van der Waals surface area contributed by atoms with Crippen LogP contribution in [0.15, 0.2) is 0 Å². The fraction of sp³-hybridized carbons (Fsp3) is 0. The van der Waals surface area contributed by atoms with Crippen molar-refractivity contribution in [3.63, 3.8) is 0 Å². The van der Waals surface area contributed by atoms with E-state index in [-0.39, 0.29) is 78.7 Å². The van der Waals surface area contributed by atoms with Crippen molar-refractivity contribution < 1.29 is 78.7 Å². The molecule has 6 nitrogen and oxygen atoms in total. The Morgan fingerprint density at radius 2 is 0.333 bits per heavy atom. The Kier molecular flexibility index (Phi) is 47300. The van der Waals surface area contributed by atoms with Gasteiger partial charge in [-0.3, -0.25) is 0 Å². The fourth-order valence-corrected chi connectivity index (χ4v) is 0. The molecule has 0 radical (unpaired) electrons. The molecule has 0 saturated carbocycles. The van der Waals surface area contributed by atoms with Crippen LogP contribution in [0.2, 0.25) is 0 Å². The largest absolute Gasteiger partial charge is 2.00 e. The zero-order valence-corrected chi connectivity index (χ0v) is 7.86. The van der Waals surface area contributed by atoms with Crippen LogP contribution in [0.1, 0.15) is 0 Å². The first-order valence-electron chi connectivity index (χ1n) is 0. The standard InChI is InChI=1S/2ClH.6H2O.Pt/h2*1H;6*1H2;/q;;;;;;;;+2/p-2. The van der Waals surface area contributed by atoms with Gasteiger partial charge in [0.1, 0.15) is 0 Å². The van der Waals surface area contributed by atoms with Gasteiger partial charge in [-0.25, -0.2) is 0 Å². The summed E-state index contributed by atoms with van der Waals surface area (Å²) in [5, 5.41) is 0. The fourth-order valence-electron chi connectivity index (χ4n) is 0. The Balaban J connectivity index is 0. The minimum Gasteiger partial charge on any atom is -1.00 e. The molecule has 0 atom stereocenters. The topological polar surface area (TPSA) is 189 Å². The summed E-state index contributed by atoms with van der Waals surface area (Å²) in [6.07, 6.45) is 0. The van der Waals surface area contributed by atoms with Gasteiger partial charge < -0.3 is 57.7 Å². The third-order valence-corrected chi connectivity index (χ3v) is 0. The summed E-state index contributed by atoms with van der Waals surface area (Å²) in [5.74, 6) is 0. The van der Waals surface area contributed by atoms with E-state index in [1.807, 2.05) is 0 Å². The molecule has 12 N–H and O–H groups in total. The van der Waals surface area contributed by atoms with Gasteiger partial charge in [0.2, 0.25) is 0 Å². The summed E-state index contributed by atoms with van der Waals surface area (Å²) in [5.41, 5.74) is 0. The van der Waals surface area contributed by atoms with E-state index in [1.165, 1.54) is 0 Å². The first-order valence-corrected chi connectivity index (χ1v) is 0. The Bertz CT molecular complexity index is 11.0. The molecule has 72 valence electrons. The summed E-state index contributed by atoms with van der Waals surface area (Å²) >= 11 is 0. The molecule has 0 amide bonds. The van der Waals surface area contributed by atoms with Gasteiger partial charge in [0, 0.05) is 0 Å². The Labute approximate surface area is 78.9 Å². The predicted octanol–water partition coefficient (Wildman–Crippen LogP) is -10.9. The van der Waals surface area contributed by atoms with E-state index in [2.05, 4.69) is 0 Å². The van der Waals surface area contributed by atoms with Crippen LogP contribution in [0.3, 0.4) is 0 Å². The molecule has 0 bridgehead atoms. The molecule has 0 saturated heterocycles.